The highest BCUT2D eigenvalue weighted by atomic mass is 16.5. The lowest BCUT2D eigenvalue weighted by Gasteiger charge is -2.40. The van der Waals surface area contributed by atoms with Gasteiger partial charge in [0.05, 0.1) is 12.1 Å². The zero-order chi connectivity index (χ0) is 35.6. The van der Waals surface area contributed by atoms with Crippen LogP contribution in [0.5, 0.6) is 5.75 Å². The van der Waals surface area contributed by atoms with E-state index in [1.807, 2.05) is 139 Å². The minimum absolute atomic E-state index is 0.0138. The quantitative estimate of drug-likeness (QED) is 0.174. The summed E-state index contributed by atoms with van der Waals surface area (Å²) in [5.74, 6) is 0.311. The van der Waals surface area contributed by atoms with Gasteiger partial charge in [0.1, 0.15) is 18.4 Å². The van der Waals surface area contributed by atoms with Gasteiger partial charge in [0.15, 0.2) is 5.78 Å². The van der Waals surface area contributed by atoms with Crippen LogP contribution in [0.3, 0.4) is 0 Å². The largest absolute Gasteiger partial charge is 0.489 e. The molecule has 3 aromatic carbocycles. The van der Waals surface area contributed by atoms with Crippen LogP contribution in [0.1, 0.15) is 72.1 Å². The molecule has 0 aliphatic rings. The number of Topliss-reactive ketones (excluding diaryl/α,β-unsaturated/α-hetero) is 1. The summed E-state index contributed by atoms with van der Waals surface area (Å²) in [5.41, 5.74) is 2.49. The van der Waals surface area contributed by atoms with Crippen LogP contribution in [0, 0.1) is 11.3 Å². The van der Waals surface area contributed by atoms with Crippen molar-refractivity contribution in [2.45, 2.75) is 92.0 Å². The van der Waals surface area contributed by atoms with Gasteiger partial charge >= 0.3 is 0 Å². The van der Waals surface area contributed by atoms with Gasteiger partial charge in [0.25, 0.3) is 0 Å². The third-order valence-electron chi connectivity index (χ3n) is 9.06. The van der Waals surface area contributed by atoms with Crippen LogP contribution in [-0.2, 0) is 32.8 Å². The van der Waals surface area contributed by atoms with Gasteiger partial charge in [-0.2, -0.15) is 0 Å². The second kappa shape index (κ2) is 16.7. The first-order valence-corrected chi connectivity index (χ1v) is 16.8. The molecular formula is C41H55N3O4. The van der Waals surface area contributed by atoms with Gasteiger partial charge in [0.2, 0.25) is 11.8 Å². The van der Waals surface area contributed by atoms with Gasteiger partial charge in [-0.05, 0) is 59.7 Å². The van der Waals surface area contributed by atoms with Crippen molar-refractivity contribution in [1.82, 2.24) is 15.5 Å². The first-order chi connectivity index (χ1) is 22.6. The van der Waals surface area contributed by atoms with E-state index in [4.69, 9.17) is 4.74 Å². The molecule has 0 saturated carbocycles. The molecule has 2 amide bonds. The molecule has 3 rings (SSSR count). The van der Waals surface area contributed by atoms with E-state index < -0.39 is 22.9 Å². The summed E-state index contributed by atoms with van der Waals surface area (Å²) >= 11 is 0. The van der Waals surface area contributed by atoms with Crippen molar-refractivity contribution in [3.8, 4) is 5.75 Å². The number of carbonyl (C=O) groups excluding carboxylic acids is 3. The van der Waals surface area contributed by atoms with Gasteiger partial charge in [-0.1, -0.05) is 127 Å². The number of hydrogen-bond acceptors (Lipinski definition) is 5. The molecule has 0 saturated heterocycles. The summed E-state index contributed by atoms with van der Waals surface area (Å²) in [6, 6.07) is 25.8. The molecule has 3 aromatic rings. The van der Waals surface area contributed by atoms with Crippen LogP contribution < -0.4 is 15.4 Å². The number of benzene rings is 3. The Balaban J connectivity index is 1.73. The van der Waals surface area contributed by atoms with Crippen LogP contribution >= 0.6 is 0 Å². The van der Waals surface area contributed by atoms with Crippen molar-refractivity contribution < 1.29 is 19.1 Å². The molecule has 0 radical (unpaired) electrons. The summed E-state index contributed by atoms with van der Waals surface area (Å²) in [7, 11) is 3.52. The lowest BCUT2D eigenvalue weighted by Crippen LogP contribution is -2.61. The van der Waals surface area contributed by atoms with E-state index in [9.17, 15) is 14.4 Å². The van der Waals surface area contributed by atoms with E-state index in [0.717, 1.165) is 22.4 Å². The standard InChI is InChI=1S/C41H55N3O4/c1-28(2)34(25-29(3)35(45)26-30-21-23-33(24-22-30)48-27-31-17-13-11-14-18-31)44(10)39(47)37(40(4,5)6)43-38(46)36(42-9)41(7,8)32-19-15-12-16-20-32/h11-25,28,34,36-37,42H,26-27H2,1-10H3,(H,43,46)/b29-25+/t34-,36-,37-/m1/s1. The van der Waals surface area contributed by atoms with E-state index in [1.165, 1.54) is 0 Å². The summed E-state index contributed by atoms with van der Waals surface area (Å²) in [5, 5.41) is 6.29. The van der Waals surface area contributed by atoms with Crippen molar-refractivity contribution >= 4 is 17.6 Å². The van der Waals surface area contributed by atoms with Crippen molar-refractivity contribution in [1.29, 1.82) is 0 Å². The number of nitrogens with zero attached hydrogens (tertiary/aromatic N) is 1. The molecule has 3 atom stereocenters. The number of allylic oxidation sites excluding steroid dienone is 1. The van der Waals surface area contributed by atoms with E-state index in [-0.39, 0.29) is 36.0 Å². The van der Waals surface area contributed by atoms with Crippen molar-refractivity contribution in [3.63, 3.8) is 0 Å². The number of nitrogens with one attached hydrogen (secondary N) is 2. The van der Waals surface area contributed by atoms with Gasteiger partial charge < -0.3 is 20.3 Å². The van der Waals surface area contributed by atoms with Crippen molar-refractivity contribution in [2.24, 2.45) is 11.3 Å². The fourth-order valence-electron chi connectivity index (χ4n) is 5.95. The average molecular weight is 654 g/mol. The van der Waals surface area contributed by atoms with Crippen LogP contribution in [-0.4, -0.2) is 54.7 Å². The zero-order valence-corrected chi connectivity index (χ0v) is 30.5. The minimum Gasteiger partial charge on any atom is -0.489 e. The van der Waals surface area contributed by atoms with Crippen LogP contribution in [0.25, 0.3) is 0 Å². The number of carbonyl (C=O) groups is 3. The normalized spacial score (nSPS) is 14.2. The first-order valence-electron chi connectivity index (χ1n) is 16.8. The van der Waals surface area contributed by atoms with Crippen LogP contribution in [0.15, 0.2) is 96.6 Å². The maximum Gasteiger partial charge on any atom is 0.245 e. The molecule has 2 N–H and O–H groups in total. The molecule has 0 aliphatic carbocycles. The average Bonchev–Trinajstić information content (AvgIpc) is 3.05. The molecule has 48 heavy (non-hydrogen) atoms. The molecule has 7 nitrogen and oxygen atoms in total. The Bertz CT molecular complexity index is 1520. The zero-order valence-electron chi connectivity index (χ0n) is 30.5. The Morgan fingerprint density at radius 1 is 0.812 bits per heavy atom. The monoisotopic (exact) mass is 653 g/mol. The number of amides is 2. The summed E-state index contributed by atoms with van der Waals surface area (Å²) < 4.78 is 5.89. The fourth-order valence-corrected chi connectivity index (χ4v) is 5.95. The predicted molar refractivity (Wildman–Crippen MR) is 195 cm³/mol. The highest BCUT2D eigenvalue weighted by molar-refractivity contribution is 5.96. The van der Waals surface area contributed by atoms with E-state index in [1.54, 1.807) is 25.9 Å². The topological polar surface area (TPSA) is 87.7 Å². The molecule has 0 bridgehead atoms. The number of ether oxygens (including phenoxy) is 1. The molecule has 0 heterocycles. The molecule has 0 spiro atoms. The Morgan fingerprint density at radius 3 is 1.90 bits per heavy atom. The second-order valence-electron chi connectivity index (χ2n) is 14.7. The molecular weight excluding hydrogens is 598 g/mol. The van der Waals surface area contributed by atoms with Gasteiger partial charge in [-0.25, -0.2) is 0 Å². The van der Waals surface area contributed by atoms with Crippen LogP contribution in [0.2, 0.25) is 0 Å². The number of rotatable bonds is 15. The number of likely N-dealkylation sites (N-methyl/N-ethyl adjacent to an activating group) is 2. The van der Waals surface area contributed by atoms with E-state index >= 15 is 0 Å². The Hall–Kier alpha value is -4.23. The second-order valence-corrected chi connectivity index (χ2v) is 14.7. The Morgan fingerprint density at radius 2 is 1.38 bits per heavy atom. The summed E-state index contributed by atoms with van der Waals surface area (Å²) in [4.78, 5) is 43.0. The molecule has 258 valence electrons. The fraction of sp³-hybridized carbons (Fsp3) is 0.439. The number of hydrogen-bond donors (Lipinski definition) is 2. The van der Waals surface area contributed by atoms with Crippen molar-refractivity contribution in [3.05, 3.63) is 113 Å². The lowest BCUT2D eigenvalue weighted by molar-refractivity contribution is -0.140. The Kier molecular flexibility index (Phi) is 13.3. The number of ketones is 1. The maximum atomic E-state index is 14.2. The minimum atomic E-state index is -0.786. The first kappa shape index (κ1) is 38.2. The SMILES string of the molecule is CN[C@H](C(=O)N[C@H](C(=O)N(C)[C@H](/C=C(\C)C(=O)Cc1ccc(OCc2ccccc2)cc1)C(C)C)C(C)(C)C)C(C)(C)c1ccccc1. The van der Waals surface area contributed by atoms with Gasteiger partial charge in [-0.3, -0.25) is 14.4 Å². The van der Waals surface area contributed by atoms with Gasteiger partial charge in [-0.15, -0.1) is 0 Å². The third kappa shape index (κ3) is 10.1. The van der Waals surface area contributed by atoms with E-state index in [2.05, 4.69) is 10.6 Å². The summed E-state index contributed by atoms with van der Waals surface area (Å²) in [6.07, 6.45) is 2.13. The highest BCUT2D eigenvalue weighted by Gasteiger charge is 2.41. The Labute approximate surface area is 288 Å². The van der Waals surface area contributed by atoms with Gasteiger partial charge in [0, 0.05) is 18.9 Å². The predicted octanol–water partition coefficient (Wildman–Crippen LogP) is 6.90. The molecule has 0 aromatic heterocycles. The molecule has 7 heteroatoms. The highest BCUT2D eigenvalue weighted by Crippen LogP contribution is 2.29. The lowest BCUT2D eigenvalue weighted by atomic mass is 9.76. The maximum absolute atomic E-state index is 14.2. The molecule has 0 aliphatic heterocycles. The van der Waals surface area contributed by atoms with Crippen LogP contribution in [0.4, 0.5) is 0 Å². The summed E-state index contributed by atoms with van der Waals surface area (Å²) in [6.45, 7) is 16.2. The van der Waals surface area contributed by atoms with E-state index in [0.29, 0.717) is 12.2 Å². The molecule has 0 fully saturated rings. The smallest absolute Gasteiger partial charge is 0.245 e. The molecule has 0 unspecified atom stereocenters. The van der Waals surface area contributed by atoms with Crippen molar-refractivity contribution in [2.75, 3.05) is 14.1 Å². The third-order valence-corrected chi connectivity index (χ3v) is 9.06.